The molecule has 230 valence electrons. The number of piperazine rings is 1. The first-order chi connectivity index (χ1) is 21.1. The van der Waals surface area contributed by atoms with E-state index in [2.05, 4.69) is 25.3 Å². The van der Waals surface area contributed by atoms with Gasteiger partial charge < -0.3 is 25.4 Å². The van der Waals surface area contributed by atoms with Crippen LogP contribution in [0, 0.1) is 0 Å². The summed E-state index contributed by atoms with van der Waals surface area (Å²) in [6.07, 6.45) is 0. The van der Waals surface area contributed by atoms with E-state index in [1.54, 1.807) is 53.4 Å². The van der Waals surface area contributed by atoms with Gasteiger partial charge in [0.15, 0.2) is 11.6 Å². The molecule has 1 saturated heterocycles. The number of ether oxygens (including phenoxy) is 1. The molecule has 0 atom stereocenters. The van der Waals surface area contributed by atoms with Gasteiger partial charge in [-0.05, 0) is 48.0 Å². The minimum atomic E-state index is -4.18. The second-order valence-electron chi connectivity index (χ2n) is 10.2. The van der Waals surface area contributed by atoms with Crippen LogP contribution in [0.3, 0.4) is 0 Å². The summed E-state index contributed by atoms with van der Waals surface area (Å²) >= 11 is 0. The standard InChI is InChI=1S/C30H33N7O6S/c1-20(39)37-12-10-36(11-13-37)18-28(40)31-22-6-5-7-25(17-22)44(41,42)35-30-29(33-26-8-3-4-9-27(26)34-30)32-23-14-21(19-38)15-24(16-23)43-2/h3-9,14-17,38H,10-13,18-19H2,1-2H3,(H,31,40)(H,32,33)(H,34,35). The Morgan fingerprint density at radius 2 is 1.61 bits per heavy atom. The van der Waals surface area contributed by atoms with Crippen LogP contribution in [0.2, 0.25) is 0 Å². The van der Waals surface area contributed by atoms with Gasteiger partial charge in [-0.1, -0.05) is 18.2 Å². The molecule has 4 N–H and O–H groups in total. The molecular formula is C30H33N7O6S. The predicted molar refractivity (Wildman–Crippen MR) is 166 cm³/mol. The van der Waals surface area contributed by atoms with Gasteiger partial charge in [-0.2, -0.15) is 0 Å². The number of nitrogens with zero attached hydrogens (tertiary/aromatic N) is 4. The molecule has 0 unspecified atom stereocenters. The summed E-state index contributed by atoms with van der Waals surface area (Å²) in [4.78, 5) is 37.0. The van der Waals surface area contributed by atoms with Gasteiger partial charge in [-0.3, -0.25) is 19.2 Å². The largest absolute Gasteiger partial charge is 0.497 e. The molecule has 14 heteroatoms. The molecule has 13 nitrogen and oxygen atoms in total. The van der Waals surface area contributed by atoms with Gasteiger partial charge in [0.05, 0.1) is 36.2 Å². The van der Waals surface area contributed by atoms with Gasteiger partial charge in [-0.25, -0.2) is 18.4 Å². The molecule has 0 saturated carbocycles. The number of sulfonamides is 1. The van der Waals surface area contributed by atoms with E-state index in [4.69, 9.17) is 4.74 Å². The van der Waals surface area contributed by atoms with E-state index >= 15 is 0 Å². The number of hydrogen-bond acceptors (Lipinski definition) is 10. The Bertz CT molecular complexity index is 1770. The Hall–Kier alpha value is -4.79. The first-order valence-corrected chi connectivity index (χ1v) is 15.3. The highest BCUT2D eigenvalue weighted by Crippen LogP contribution is 2.30. The van der Waals surface area contributed by atoms with Crippen molar-refractivity contribution in [2.24, 2.45) is 0 Å². The summed E-state index contributed by atoms with van der Waals surface area (Å²) in [5.74, 6) is 0.299. The van der Waals surface area contributed by atoms with Crippen molar-refractivity contribution in [2.45, 2.75) is 18.4 Å². The summed E-state index contributed by atoms with van der Waals surface area (Å²) in [5, 5.41) is 15.5. The summed E-state index contributed by atoms with van der Waals surface area (Å²) in [7, 11) is -2.68. The number of amides is 2. The first kappa shape index (κ1) is 30.7. The molecule has 0 aliphatic carbocycles. The number of hydrogen-bond donors (Lipinski definition) is 4. The molecule has 1 aliphatic heterocycles. The van der Waals surface area contributed by atoms with Crippen LogP contribution >= 0.6 is 0 Å². The van der Waals surface area contributed by atoms with Gasteiger partial charge in [0.25, 0.3) is 10.0 Å². The maximum absolute atomic E-state index is 13.6. The first-order valence-electron chi connectivity index (χ1n) is 13.9. The minimum Gasteiger partial charge on any atom is -0.497 e. The fourth-order valence-corrected chi connectivity index (χ4v) is 5.84. The normalized spacial score (nSPS) is 13.8. The lowest BCUT2D eigenvalue weighted by Crippen LogP contribution is -2.49. The molecule has 1 aromatic heterocycles. The lowest BCUT2D eigenvalue weighted by molar-refractivity contribution is -0.130. The number of methoxy groups -OCH3 is 1. The molecule has 4 aromatic rings. The van der Waals surface area contributed by atoms with Crippen molar-refractivity contribution < 1.29 is 27.9 Å². The van der Waals surface area contributed by atoms with Crippen LogP contribution in [-0.2, 0) is 26.2 Å². The van der Waals surface area contributed by atoms with Gasteiger partial charge in [-0.15, -0.1) is 0 Å². The zero-order chi connectivity index (χ0) is 31.3. The topological polar surface area (TPSA) is 166 Å². The van der Waals surface area contributed by atoms with Crippen LogP contribution in [0.1, 0.15) is 12.5 Å². The molecular weight excluding hydrogens is 586 g/mol. The highest BCUT2D eigenvalue weighted by atomic mass is 32.2. The predicted octanol–water partition coefficient (Wildman–Crippen LogP) is 2.78. The number of fused-ring (bicyclic) bond motifs is 1. The average molecular weight is 620 g/mol. The number of aliphatic hydroxyl groups is 1. The average Bonchev–Trinajstić information content (AvgIpc) is 3.01. The van der Waals surface area contributed by atoms with Crippen molar-refractivity contribution >= 4 is 55.9 Å². The molecule has 2 heterocycles. The molecule has 44 heavy (non-hydrogen) atoms. The number of aromatic nitrogens is 2. The van der Waals surface area contributed by atoms with Crippen molar-refractivity contribution in [1.29, 1.82) is 0 Å². The van der Waals surface area contributed by atoms with E-state index in [1.165, 1.54) is 32.2 Å². The van der Waals surface area contributed by atoms with E-state index < -0.39 is 10.0 Å². The minimum absolute atomic E-state index is 0.00874. The van der Waals surface area contributed by atoms with Crippen LogP contribution in [-0.4, -0.2) is 84.9 Å². The number of anilines is 4. The summed E-state index contributed by atoms with van der Waals surface area (Å²) in [6.45, 7) is 3.67. The van der Waals surface area contributed by atoms with Crippen molar-refractivity contribution in [1.82, 2.24) is 19.8 Å². The molecule has 1 fully saturated rings. The molecule has 0 spiro atoms. The molecule has 1 aliphatic rings. The Balaban J connectivity index is 1.36. The van der Waals surface area contributed by atoms with Crippen molar-refractivity contribution in [2.75, 3.05) is 55.2 Å². The fraction of sp³-hybridized carbons (Fsp3) is 0.267. The van der Waals surface area contributed by atoms with Crippen molar-refractivity contribution in [3.8, 4) is 5.75 Å². The quantitative estimate of drug-likeness (QED) is 0.207. The van der Waals surface area contributed by atoms with Crippen molar-refractivity contribution in [3.63, 3.8) is 0 Å². The number of aliphatic hydroxyl groups excluding tert-OH is 1. The van der Waals surface area contributed by atoms with E-state index in [1.807, 2.05) is 4.90 Å². The third-order valence-electron chi connectivity index (χ3n) is 7.06. The highest BCUT2D eigenvalue weighted by molar-refractivity contribution is 7.92. The lowest BCUT2D eigenvalue weighted by Gasteiger charge is -2.33. The van der Waals surface area contributed by atoms with E-state index in [0.29, 0.717) is 59.9 Å². The number of carbonyl (C=O) groups is 2. The SMILES string of the molecule is COc1cc(CO)cc(Nc2nc3ccccc3nc2NS(=O)(=O)c2cccc(NC(=O)CN3CCN(C(C)=O)CC3)c2)c1. The van der Waals surface area contributed by atoms with Gasteiger partial charge in [0.1, 0.15) is 5.75 Å². The van der Waals surface area contributed by atoms with Crippen LogP contribution in [0.15, 0.2) is 71.6 Å². The molecule has 2 amide bonds. The Morgan fingerprint density at radius 1 is 0.909 bits per heavy atom. The van der Waals surface area contributed by atoms with Gasteiger partial charge in [0, 0.05) is 50.5 Å². The second-order valence-corrected chi connectivity index (χ2v) is 11.9. The maximum Gasteiger partial charge on any atom is 0.263 e. The zero-order valence-corrected chi connectivity index (χ0v) is 25.1. The fourth-order valence-electron chi connectivity index (χ4n) is 4.79. The van der Waals surface area contributed by atoms with Crippen LogP contribution in [0.4, 0.5) is 23.0 Å². The number of nitrogens with one attached hydrogen (secondary N) is 3. The monoisotopic (exact) mass is 619 g/mol. The van der Waals surface area contributed by atoms with Crippen LogP contribution in [0.25, 0.3) is 11.0 Å². The molecule has 5 rings (SSSR count). The molecule has 0 radical (unpaired) electrons. The van der Waals surface area contributed by atoms with E-state index in [9.17, 15) is 23.1 Å². The summed E-state index contributed by atoms with van der Waals surface area (Å²) in [5.41, 5.74) is 2.42. The highest BCUT2D eigenvalue weighted by Gasteiger charge is 2.22. The second kappa shape index (κ2) is 13.2. The summed E-state index contributed by atoms with van der Waals surface area (Å²) < 4.78 is 35.0. The van der Waals surface area contributed by atoms with Gasteiger partial charge in [0.2, 0.25) is 11.8 Å². The molecule has 3 aromatic carbocycles. The molecule has 0 bridgehead atoms. The van der Waals surface area contributed by atoms with Crippen LogP contribution < -0.4 is 20.1 Å². The number of carbonyl (C=O) groups excluding carboxylic acids is 2. The number of rotatable bonds is 10. The third-order valence-corrected chi connectivity index (χ3v) is 8.40. The Kier molecular flexibility index (Phi) is 9.23. The summed E-state index contributed by atoms with van der Waals surface area (Å²) in [6, 6.07) is 18.0. The van der Waals surface area contributed by atoms with Crippen LogP contribution in [0.5, 0.6) is 5.75 Å². The third kappa shape index (κ3) is 7.40. The Labute approximate surface area is 254 Å². The lowest BCUT2D eigenvalue weighted by atomic mass is 10.2. The van der Waals surface area contributed by atoms with E-state index in [0.717, 1.165) is 0 Å². The van der Waals surface area contributed by atoms with Gasteiger partial charge >= 0.3 is 0 Å². The Morgan fingerprint density at radius 3 is 2.27 bits per heavy atom. The smallest absolute Gasteiger partial charge is 0.263 e. The van der Waals surface area contributed by atoms with Crippen molar-refractivity contribution in [3.05, 3.63) is 72.3 Å². The number of para-hydroxylation sites is 2. The number of benzene rings is 3. The zero-order valence-electron chi connectivity index (χ0n) is 24.3. The maximum atomic E-state index is 13.6. The van der Waals surface area contributed by atoms with E-state index in [-0.39, 0.29) is 41.5 Å².